The summed E-state index contributed by atoms with van der Waals surface area (Å²) in [5.74, 6) is 0.0283. The van der Waals surface area contributed by atoms with Crippen LogP contribution < -0.4 is 0 Å². The summed E-state index contributed by atoms with van der Waals surface area (Å²) in [6, 6.07) is 27.3. The Morgan fingerprint density at radius 3 is 2.41 bits per heavy atom. The van der Waals surface area contributed by atoms with Gasteiger partial charge in [-0.1, -0.05) is 79.7 Å². The molecule has 1 N–H and O–H groups in total. The fourth-order valence-electron chi connectivity index (χ4n) is 6.26. The molecular formula is C32H33N3O2. The van der Waals surface area contributed by atoms with Crippen molar-refractivity contribution in [2.45, 2.75) is 44.6 Å². The molecule has 2 atom stereocenters. The molecule has 0 radical (unpaired) electrons. The van der Waals surface area contributed by atoms with Crippen LogP contribution in [-0.4, -0.2) is 46.2 Å². The van der Waals surface area contributed by atoms with Gasteiger partial charge in [-0.25, -0.2) is 0 Å². The third-order valence-corrected chi connectivity index (χ3v) is 8.34. The van der Waals surface area contributed by atoms with Gasteiger partial charge in [0.15, 0.2) is 5.54 Å². The molecule has 3 aromatic carbocycles. The first-order chi connectivity index (χ1) is 18.0. The molecule has 5 nitrogen and oxygen atoms in total. The van der Waals surface area contributed by atoms with Crippen LogP contribution in [0.2, 0.25) is 0 Å². The second-order valence-corrected chi connectivity index (χ2v) is 10.5. The maximum atomic E-state index is 14.1. The molecular weight excluding hydrogens is 458 g/mol. The predicted molar refractivity (Wildman–Crippen MR) is 146 cm³/mol. The number of piperazine rings is 1. The fraction of sp³-hybridized carbons (Fsp3) is 0.312. The smallest absolute Gasteiger partial charge is 0.254 e. The fourth-order valence-corrected chi connectivity index (χ4v) is 6.26. The Morgan fingerprint density at radius 1 is 0.919 bits per heavy atom. The largest absolute Gasteiger partial charge is 0.356 e. The Labute approximate surface area is 218 Å². The lowest BCUT2D eigenvalue weighted by Gasteiger charge is -2.51. The van der Waals surface area contributed by atoms with E-state index in [9.17, 15) is 9.59 Å². The minimum Gasteiger partial charge on any atom is -0.356 e. The zero-order valence-electron chi connectivity index (χ0n) is 21.5. The molecule has 0 bridgehead atoms. The van der Waals surface area contributed by atoms with Gasteiger partial charge in [0, 0.05) is 29.9 Å². The van der Waals surface area contributed by atoms with E-state index in [2.05, 4.69) is 60.4 Å². The SMILES string of the molecule is CCc1ccc(C2CN3C(=O)CN(CCCc4ccccc4)C(=O)[C@]3(C)c3[nH]c4ccccc4c32)cc1. The Bertz CT molecular complexity index is 1460. The standard InChI is InChI=1S/C32H33N3O2/c1-3-22-15-17-24(18-16-22)26-20-35-28(36)21-34(19-9-12-23-10-5-4-6-11-23)31(37)32(35,2)30-29(26)25-13-7-8-14-27(25)33-30/h4-8,10-11,13-18,26,33H,3,9,12,19-21H2,1-2H3/t26?,32-/m0/s1. The number of carbonyl (C=O) groups excluding carboxylic acids is 2. The molecule has 0 saturated carbocycles. The van der Waals surface area contributed by atoms with Crippen molar-refractivity contribution in [2.75, 3.05) is 19.6 Å². The molecule has 0 aliphatic carbocycles. The Balaban J connectivity index is 1.39. The van der Waals surface area contributed by atoms with Crippen molar-refractivity contribution in [1.29, 1.82) is 0 Å². The average molecular weight is 492 g/mol. The number of hydrogen-bond acceptors (Lipinski definition) is 2. The molecule has 2 aliphatic rings. The molecule has 0 spiro atoms. The van der Waals surface area contributed by atoms with Crippen LogP contribution in [0.15, 0.2) is 78.9 Å². The van der Waals surface area contributed by atoms with Gasteiger partial charge in [-0.15, -0.1) is 0 Å². The first-order valence-corrected chi connectivity index (χ1v) is 13.3. The highest BCUT2D eigenvalue weighted by Crippen LogP contribution is 2.48. The van der Waals surface area contributed by atoms with Crippen LogP contribution in [0.3, 0.4) is 0 Å². The van der Waals surface area contributed by atoms with Gasteiger partial charge in [-0.2, -0.15) is 0 Å². The summed E-state index contributed by atoms with van der Waals surface area (Å²) < 4.78 is 0. The summed E-state index contributed by atoms with van der Waals surface area (Å²) in [6.45, 7) is 5.30. The van der Waals surface area contributed by atoms with Crippen LogP contribution in [0.25, 0.3) is 10.9 Å². The molecule has 1 fully saturated rings. The van der Waals surface area contributed by atoms with Gasteiger partial charge in [0.1, 0.15) is 0 Å². The Hall–Kier alpha value is -3.86. The minimum atomic E-state index is -1.05. The van der Waals surface area contributed by atoms with Crippen LogP contribution in [0.1, 0.15) is 54.1 Å². The summed E-state index contributed by atoms with van der Waals surface area (Å²) in [6.07, 6.45) is 2.69. The van der Waals surface area contributed by atoms with E-state index >= 15 is 0 Å². The van der Waals surface area contributed by atoms with Crippen molar-refractivity contribution in [3.63, 3.8) is 0 Å². The summed E-state index contributed by atoms with van der Waals surface area (Å²) in [5, 5.41) is 1.13. The van der Waals surface area contributed by atoms with Crippen LogP contribution in [0, 0.1) is 0 Å². The highest BCUT2D eigenvalue weighted by atomic mass is 16.2. The number of hydrogen-bond donors (Lipinski definition) is 1. The second-order valence-electron chi connectivity index (χ2n) is 10.5. The number of amides is 2. The number of carbonyl (C=O) groups is 2. The Morgan fingerprint density at radius 2 is 1.65 bits per heavy atom. The number of aromatic nitrogens is 1. The quantitative estimate of drug-likeness (QED) is 0.393. The number of nitrogens with one attached hydrogen (secondary N) is 1. The van der Waals surface area contributed by atoms with Crippen molar-refractivity contribution in [3.05, 3.63) is 107 Å². The number of aromatic amines is 1. The molecule has 2 aliphatic heterocycles. The van der Waals surface area contributed by atoms with Gasteiger partial charge in [-0.3, -0.25) is 9.59 Å². The van der Waals surface area contributed by atoms with E-state index < -0.39 is 5.54 Å². The first-order valence-electron chi connectivity index (χ1n) is 13.3. The van der Waals surface area contributed by atoms with Crippen LogP contribution in [0.5, 0.6) is 0 Å². The third-order valence-electron chi connectivity index (χ3n) is 8.34. The van der Waals surface area contributed by atoms with Crippen molar-refractivity contribution >= 4 is 22.7 Å². The molecule has 5 heteroatoms. The highest BCUT2D eigenvalue weighted by molar-refractivity contribution is 6.01. The van der Waals surface area contributed by atoms with Gasteiger partial charge in [-0.05, 0) is 54.5 Å². The topological polar surface area (TPSA) is 56.4 Å². The number of nitrogens with zero attached hydrogens (tertiary/aromatic N) is 2. The second kappa shape index (κ2) is 9.22. The third kappa shape index (κ3) is 3.85. The lowest BCUT2D eigenvalue weighted by molar-refractivity contribution is -0.166. The molecule has 6 rings (SSSR count). The molecule has 1 saturated heterocycles. The number of aryl methyl sites for hydroxylation is 2. The molecule has 4 aromatic rings. The lowest BCUT2D eigenvalue weighted by Crippen LogP contribution is -2.67. The van der Waals surface area contributed by atoms with E-state index in [1.54, 1.807) is 4.90 Å². The number of rotatable bonds is 6. The minimum absolute atomic E-state index is 0.00603. The monoisotopic (exact) mass is 491 g/mol. The number of para-hydroxylation sites is 1. The number of benzene rings is 3. The van der Waals surface area contributed by atoms with Crippen LogP contribution >= 0.6 is 0 Å². The summed E-state index contributed by atoms with van der Waals surface area (Å²) in [5.41, 5.74) is 5.68. The van der Waals surface area contributed by atoms with E-state index in [0.717, 1.165) is 41.4 Å². The average Bonchev–Trinajstić information content (AvgIpc) is 3.33. The maximum Gasteiger partial charge on any atom is 0.254 e. The van der Waals surface area contributed by atoms with E-state index in [-0.39, 0.29) is 24.3 Å². The van der Waals surface area contributed by atoms with E-state index in [0.29, 0.717) is 13.1 Å². The van der Waals surface area contributed by atoms with E-state index in [4.69, 9.17) is 0 Å². The van der Waals surface area contributed by atoms with Crippen molar-refractivity contribution in [3.8, 4) is 0 Å². The Kier molecular flexibility index (Phi) is 5.86. The number of H-pyrrole nitrogens is 1. The van der Waals surface area contributed by atoms with Crippen molar-refractivity contribution in [2.24, 2.45) is 0 Å². The van der Waals surface area contributed by atoms with E-state index in [1.807, 2.05) is 42.2 Å². The first kappa shape index (κ1) is 23.5. The zero-order chi connectivity index (χ0) is 25.6. The number of fused-ring (bicyclic) bond motifs is 5. The van der Waals surface area contributed by atoms with Gasteiger partial charge in [0.05, 0.1) is 12.2 Å². The van der Waals surface area contributed by atoms with Gasteiger partial charge in [0.25, 0.3) is 5.91 Å². The summed E-state index contributed by atoms with van der Waals surface area (Å²) >= 11 is 0. The maximum absolute atomic E-state index is 14.1. The molecule has 188 valence electrons. The van der Waals surface area contributed by atoms with Crippen molar-refractivity contribution in [1.82, 2.24) is 14.8 Å². The zero-order valence-corrected chi connectivity index (χ0v) is 21.5. The summed E-state index contributed by atoms with van der Waals surface area (Å²) in [4.78, 5) is 35.0. The highest BCUT2D eigenvalue weighted by Gasteiger charge is 2.56. The molecule has 1 unspecified atom stereocenters. The normalized spacial score (nSPS) is 21.3. The van der Waals surface area contributed by atoms with Crippen LogP contribution in [-0.2, 0) is 28.0 Å². The van der Waals surface area contributed by atoms with Crippen LogP contribution in [0.4, 0.5) is 0 Å². The van der Waals surface area contributed by atoms with Gasteiger partial charge in [0.2, 0.25) is 5.91 Å². The molecule has 1 aromatic heterocycles. The molecule has 2 amide bonds. The summed E-state index contributed by atoms with van der Waals surface area (Å²) in [7, 11) is 0. The van der Waals surface area contributed by atoms with Gasteiger partial charge >= 0.3 is 0 Å². The molecule has 3 heterocycles. The lowest BCUT2D eigenvalue weighted by atomic mass is 9.76. The van der Waals surface area contributed by atoms with E-state index in [1.165, 1.54) is 16.7 Å². The van der Waals surface area contributed by atoms with Crippen molar-refractivity contribution < 1.29 is 9.59 Å². The predicted octanol–water partition coefficient (Wildman–Crippen LogP) is 5.39. The molecule has 37 heavy (non-hydrogen) atoms. The van der Waals surface area contributed by atoms with Gasteiger partial charge < -0.3 is 14.8 Å².